The summed E-state index contributed by atoms with van der Waals surface area (Å²) in [5.41, 5.74) is 1.84. The van der Waals surface area contributed by atoms with Crippen LogP contribution in [0.3, 0.4) is 0 Å². The van der Waals surface area contributed by atoms with Gasteiger partial charge >= 0.3 is 6.09 Å². The molecule has 0 bridgehead atoms. The van der Waals surface area contributed by atoms with Gasteiger partial charge in [-0.3, -0.25) is 4.79 Å². The van der Waals surface area contributed by atoms with E-state index < -0.39 is 18.1 Å². The average molecular weight is 500 g/mol. The van der Waals surface area contributed by atoms with Gasteiger partial charge in [0.1, 0.15) is 31.2 Å². The number of imide groups is 1. The number of methoxy groups -OCH3 is 1. The number of amides is 2. The third kappa shape index (κ3) is 6.24. The van der Waals surface area contributed by atoms with Crippen molar-refractivity contribution in [3.63, 3.8) is 0 Å². The largest absolute Gasteiger partial charge is 0.492 e. The fourth-order valence-corrected chi connectivity index (χ4v) is 4.06. The first-order valence-electron chi connectivity index (χ1n) is 12.1. The van der Waals surface area contributed by atoms with Crippen molar-refractivity contribution in [1.82, 2.24) is 9.80 Å². The second-order valence-electron chi connectivity index (χ2n) is 8.86. The molecule has 3 aliphatic rings. The maximum absolute atomic E-state index is 13.0. The fraction of sp³-hybridized carbons (Fsp3) is 0.500. The molecule has 0 N–H and O–H groups in total. The maximum Gasteiger partial charge on any atom is 0.417 e. The molecule has 0 saturated carbocycles. The van der Waals surface area contributed by atoms with Crippen LogP contribution in [0, 0.1) is 0 Å². The van der Waals surface area contributed by atoms with Gasteiger partial charge in [0.2, 0.25) is 0 Å². The summed E-state index contributed by atoms with van der Waals surface area (Å²) < 4.78 is 27.6. The summed E-state index contributed by atoms with van der Waals surface area (Å²) in [6, 6.07) is 7.76. The van der Waals surface area contributed by atoms with Crippen LogP contribution in [0.1, 0.15) is 18.9 Å². The lowest BCUT2D eigenvalue weighted by molar-refractivity contribution is -0.142. The van der Waals surface area contributed by atoms with Crippen LogP contribution in [0.4, 0.5) is 4.79 Å². The van der Waals surface area contributed by atoms with Gasteiger partial charge in [-0.2, -0.15) is 4.99 Å². The number of aliphatic imine (C=N–C) groups is 1. The zero-order valence-electron chi connectivity index (χ0n) is 20.9. The van der Waals surface area contributed by atoms with Gasteiger partial charge in [0, 0.05) is 27.0 Å². The molecule has 1 saturated heterocycles. The van der Waals surface area contributed by atoms with Gasteiger partial charge in [0.25, 0.3) is 11.9 Å². The number of carbonyl (C=O) groups excluding carboxylic acids is 2. The number of hydrogen-bond donors (Lipinski definition) is 0. The number of ether oxygens (including phenoxy) is 5. The summed E-state index contributed by atoms with van der Waals surface area (Å²) in [5.74, 6) is 0.301. The number of benzene rings is 1. The van der Waals surface area contributed by atoms with Crippen LogP contribution in [0.5, 0.6) is 5.75 Å². The molecule has 1 aliphatic carbocycles. The topological polar surface area (TPSA) is 99.1 Å². The number of amidine groups is 1. The van der Waals surface area contributed by atoms with Gasteiger partial charge in [-0.25, -0.2) is 9.69 Å². The lowest BCUT2D eigenvalue weighted by Gasteiger charge is -2.23. The highest BCUT2D eigenvalue weighted by molar-refractivity contribution is 5.96. The third-order valence-corrected chi connectivity index (χ3v) is 6.13. The highest BCUT2D eigenvalue weighted by Gasteiger charge is 2.39. The van der Waals surface area contributed by atoms with Crippen LogP contribution in [0.2, 0.25) is 0 Å². The van der Waals surface area contributed by atoms with E-state index >= 15 is 0 Å². The Balaban J connectivity index is 1.28. The molecule has 4 rings (SSSR count). The Hall–Kier alpha value is -3.37. The maximum atomic E-state index is 13.0. The van der Waals surface area contributed by atoms with Crippen molar-refractivity contribution in [3.05, 3.63) is 53.8 Å². The SMILES string of the molecule is COCCO[C@@H](Cc1ccc(OCCN(C)C2=NC3=CC=CCC3O2)cc1)C(=O)N1C(=O)OC[C@@H]1C. The first-order valence-corrected chi connectivity index (χ1v) is 12.1. The van der Waals surface area contributed by atoms with Crippen LogP contribution in [0.15, 0.2) is 53.2 Å². The summed E-state index contributed by atoms with van der Waals surface area (Å²) in [6.45, 7) is 3.61. The van der Waals surface area contributed by atoms with E-state index in [0.717, 1.165) is 22.6 Å². The minimum absolute atomic E-state index is 0.00873. The smallest absolute Gasteiger partial charge is 0.417 e. The molecular weight excluding hydrogens is 466 g/mol. The van der Waals surface area contributed by atoms with Gasteiger partial charge in [-0.1, -0.05) is 24.3 Å². The standard InChI is InChI=1S/C26H33N3O7/c1-18-17-35-26(31)29(18)24(30)23(34-15-14-32-3)16-19-8-10-20(11-9-19)33-13-12-28(2)25-27-21-6-4-5-7-22(21)36-25/h4-6,8-11,18,22-23H,7,12-17H2,1-3H3/t18-,22?,23-/m0/s1. The Bertz CT molecular complexity index is 1020. The Morgan fingerprint density at radius 3 is 2.75 bits per heavy atom. The van der Waals surface area contributed by atoms with E-state index in [1.807, 2.05) is 48.4 Å². The predicted molar refractivity (Wildman–Crippen MR) is 132 cm³/mol. The van der Waals surface area contributed by atoms with Crippen LogP contribution in [0.25, 0.3) is 0 Å². The van der Waals surface area contributed by atoms with Crippen molar-refractivity contribution < 1.29 is 33.3 Å². The lowest BCUT2D eigenvalue weighted by atomic mass is 10.1. The second-order valence-corrected chi connectivity index (χ2v) is 8.86. The molecule has 2 amide bonds. The molecule has 2 heterocycles. The van der Waals surface area contributed by atoms with Crippen LogP contribution in [-0.4, -0.2) is 93.2 Å². The molecular formula is C26H33N3O7. The Kier molecular flexibility index (Phi) is 8.61. The number of hydrogen-bond acceptors (Lipinski definition) is 9. The van der Waals surface area contributed by atoms with E-state index in [2.05, 4.69) is 11.1 Å². The molecule has 2 aliphatic heterocycles. The first kappa shape index (κ1) is 25.7. The molecule has 10 nitrogen and oxygen atoms in total. The molecule has 3 atom stereocenters. The lowest BCUT2D eigenvalue weighted by Crippen LogP contribution is -2.45. The molecule has 36 heavy (non-hydrogen) atoms. The van der Waals surface area contributed by atoms with E-state index in [1.165, 1.54) is 0 Å². The number of nitrogens with zero attached hydrogens (tertiary/aromatic N) is 3. The molecule has 1 aromatic carbocycles. The van der Waals surface area contributed by atoms with E-state index in [9.17, 15) is 9.59 Å². The highest BCUT2D eigenvalue weighted by Crippen LogP contribution is 2.25. The quantitative estimate of drug-likeness (QED) is 0.429. The van der Waals surface area contributed by atoms with E-state index in [4.69, 9.17) is 23.7 Å². The Morgan fingerprint density at radius 1 is 1.25 bits per heavy atom. The number of allylic oxidation sites excluding steroid dienone is 2. The van der Waals surface area contributed by atoms with Gasteiger partial charge in [0.15, 0.2) is 0 Å². The molecule has 0 radical (unpaired) electrons. The zero-order chi connectivity index (χ0) is 25.5. The molecule has 0 aromatic heterocycles. The van der Waals surface area contributed by atoms with Crippen LogP contribution in [-0.2, 0) is 30.2 Å². The van der Waals surface area contributed by atoms with Gasteiger partial charge in [-0.15, -0.1) is 0 Å². The van der Waals surface area contributed by atoms with Crippen LogP contribution < -0.4 is 4.74 Å². The van der Waals surface area contributed by atoms with Crippen molar-refractivity contribution >= 4 is 18.0 Å². The van der Waals surface area contributed by atoms with E-state index in [-0.39, 0.29) is 25.4 Å². The van der Waals surface area contributed by atoms with E-state index in [0.29, 0.717) is 38.0 Å². The first-order chi connectivity index (χ1) is 17.5. The molecule has 1 unspecified atom stereocenters. The van der Waals surface area contributed by atoms with Gasteiger partial charge in [-0.05, 0) is 30.7 Å². The van der Waals surface area contributed by atoms with Crippen molar-refractivity contribution in [2.24, 2.45) is 4.99 Å². The summed E-state index contributed by atoms with van der Waals surface area (Å²) >= 11 is 0. The monoisotopic (exact) mass is 499 g/mol. The predicted octanol–water partition coefficient (Wildman–Crippen LogP) is 2.54. The highest BCUT2D eigenvalue weighted by atomic mass is 16.6. The summed E-state index contributed by atoms with van der Waals surface area (Å²) in [6.07, 6.45) is 5.74. The van der Waals surface area contributed by atoms with Gasteiger partial charge < -0.3 is 28.6 Å². The summed E-state index contributed by atoms with van der Waals surface area (Å²) in [4.78, 5) is 32.7. The Morgan fingerprint density at radius 2 is 2.06 bits per heavy atom. The van der Waals surface area contributed by atoms with Crippen molar-refractivity contribution in [2.45, 2.75) is 38.0 Å². The Labute approximate surface area is 211 Å². The molecule has 1 aromatic rings. The number of rotatable bonds is 11. The minimum atomic E-state index is -0.824. The van der Waals surface area contributed by atoms with E-state index in [1.54, 1.807) is 14.0 Å². The van der Waals surface area contributed by atoms with Crippen molar-refractivity contribution in [3.8, 4) is 5.75 Å². The number of likely N-dealkylation sites (N-methyl/N-ethyl adjacent to an activating group) is 1. The van der Waals surface area contributed by atoms with Gasteiger partial charge in [0.05, 0.1) is 31.5 Å². The molecule has 10 heteroatoms. The number of carbonyl (C=O) groups is 2. The third-order valence-electron chi connectivity index (χ3n) is 6.13. The minimum Gasteiger partial charge on any atom is -0.492 e. The second kappa shape index (κ2) is 12.0. The molecule has 194 valence electrons. The number of fused-ring (bicyclic) bond motifs is 1. The fourth-order valence-electron chi connectivity index (χ4n) is 4.06. The molecule has 0 spiro atoms. The van der Waals surface area contributed by atoms with Crippen molar-refractivity contribution in [2.75, 3.05) is 47.1 Å². The normalized spacial score (nSPS) is 21.3. The summed E-state index contributed by atoms with van der Waals surface area (Å²) in [7, 11) is 3.49. The average Bonchev–Trinajstić information content (AvgIpc) is 3.47. The van der Waals surface area contributed by atoms with Crippen LogP contribution >= 0.6 is 0 Å². The molecule has 1 fully saturated rings. The summed E-state index contributed by atoms with van der Waals surface area (Å²) in [5, 5.41) is 0. The zero-order valence-corrected chi connectivity index (χ0v) is 20.9. The number of cyclic esters (lactones) is 1. The van der Waals surface area contributed by atoms with Crippen molar-refractivity contribution in [1.29, 1.82) is 0 Å².